The van der Waals surface area contributed by atoms with Gasteiger partial charge in [0, 0.05) is 30.5 Å². The highest BCUT2D eigenvalue weighted by atomic mass is 35.5. The van der Waals surface area contributed by atoms with Crippen LogP contribution >= 0.6 is 23.2 Å². The number of nitrogens with one attached hydrogen (secondary N) is 1. The van der Waals surface area contributed by atoms with Gasteiger partial charge in [0.05, 0.1) is 16.1 Å². The number of hydrogen-bond acceptors (Lipinski definition) is 3. The largest absolute Gasteiger partial charge is 0.409 e. The fourth-order valence-corrected chi connectivity index (χ4v) is 7.85. The van der Waals surface area contributed by atoms with Gasteiger partial charge in [-0.2, -0.15) is 0 Å². The Bertz CT molecular complexity index is 597. The average molecular weight is 446 g/mol. The Morgan fingerprint density at radius 1 is 1.11 bits per heavy atom. The summed E-state index contributed by atoms with van der Waals surface area (Å²) in [5.41, 5.74) is 1.30. The second kappa shape index (κ2) is 10.3. The van der Waals surface area contributed by atoms with E-state index in [1.807, 2.05) is 0 Å². The number of nitrogens with zero attached hydrogens (tertiary/aromatic N) is 1. The molecule has 1 saturated carbocycles. The molecule has 6 heteroatoms. The molecule has 1 heterocycles. The minimum Gasteiger partial charge on any atom is -0.409 e. The SMILES string of the molecule is CC[Si](CC)(CC)OC(CNC1CC(CC(C)(C)C)C1)c1c(Cl)cncc1Cl. The molecule has 0 radical (unpaired) electrons. The lowest BCUT2D eigenvalue weighted by molar-refractivity contribution is 0.131. The molecule has 1 aromatic rings. The maximum absolute atomic E-state index is 6.84. The van der Waals surface area contributed by atoms with E-state index in [2.05, 4.69) is 51.8 Å². The minimum atomic E-state index is -1.80. The maximum Gasteiger partial charge on any atom is 0.192 e. The van der Waals surface area contributed by atoms with E-state index in [1.165, 1.54) is 19.3 Å². The zero-order chi connectivity index (χ0) is 20.9. The predicted octanol–water partition coefficient (Wildman–Crippen LogP) is 7.26. The van der Waals surface area contributed by atoms with Crippen LogP contribution in [-0.4, -0.2) is 25.9 Å². The maximum atomic E-state index is 6.84. The van der Waals surface area contributed by atoms with Gasteiger partial charge in [0.2, 0.25) is 0 Å². The summed E-state index contributed by atoms with van der Waals surface area (Å²) in [5, 5.41) is 4.95. The molecule has 0 aliphatic heterocycles. The predicted molar refractivity (Wildman–Crippen MR) is 124 cm³/mol. The molecule has 1 N–H and O–H groups in total. The van der Waals surface area contributed by atoms with Crippen LogP contribution in [0.1, 0.15) is 72.5 Å². The fraction of sp³-hybridized carbons (Fsp3) is 0.773. The van der Waals surface area contributed by atoms with Crippen LogP contribution in [-0.2, 0) is 4.43 Å². The second-order valence-corrected chi connectivity index (χ2v) is 15.1. The average Bonchev–Trinajstić information content (AvgIpc) is 2.59. The topological polar surface area (TPSA) is 34.1 Å². The molecular formula is C22H38Cl2N2OSi. The molecule has 1 aliphatic carbocycles. The van der Waals surface area contributed by atoms with E-state index in [-0.39, 0.29) is 6.10 Å². The van der Waals surface area contributed by atoms with Gasteiger partial charge in [-0.05, 0) is 48.7 Å². The molecule has 0 aromatic carbocycles. The highest BCUT2D eigenvalue weighted by Crippen LogP contribution is 2.39. The van der Waals surface area contributed by atoms with Gasteiger partial charge in [-0.25, -0.2) is 0 Å². The zero-order valence-electron chi connectivity index (χ0n) is 18.4. The molecular weight excluding hydrogens is 407 g/mol. The Kier molecular flexibility index (Phi) is 8.84. The molecule has 0 amide bonds. The van der Waals surface area contributed by atoms with Crippen molar-refractivity contribution >= 4 is 31.5 Å². The van der Waals surface area contributed by atoms with E-state index in [1.54, 1.807) is 12.4 Å². The molecule has 1 aromatic heterocycles. The minimum absolute atomic E-state index is 0.115. The summed E-state index contributed by atoms with van der Waals surface area (Å²) in [6, 6.07) is 3.88. The first-order valence-corrected chi connectivity index (χ1v) is 14.1. The van der Waals surface area contributed by atoms with Crippen molar-refractivity contribution in [2.75, 3.05) is 6.54 Å². The Morgan fingerprint density at radius 3 is 2.11 bits per heavy atom. The quantitative estimate of drug-likeness (QED) is 0.385. The highest BCUT2D eigenvalue weighted by Gasteiger charge is 2.36. The number of aromatic nitrogens is 1. The van der Waals surface area contributed by atoms with E-state index in [9.17, 15) is 0 Å². The van der Waals surface area contributed by atoms with Crippen molar-refractivity contribution in [3.63, 3.8) is 0 Å². The van der Waals surface area contributed by atoms with E-state index < -0.39 is 8.32 Å². The van der Waals surface area contributed by atoms with Crippen molar-refractivity contribution < 1.29 is 4.43 Å². The number of rotatable bonds is 10. The first kappa shape index (κ1) is 24.1. The molecule has 0 spiro atoms. The lowest BCUT2D eigenvalue weighted by atomic mass is 9.71. The summed E-state index contributed by atoms with van der Waals surface area (Å²) >= 11 is 13.0. The standard InChI is InChI=1S/C22H38Cl2N2OSi/c1-7-28(8-2,9-3)27-20(21-18(23)13-25-14-19(21)24)15-26-17-10-16(11-17)12-22(4,5)6/h13-14,16-17,20,26H,7-12,15H2,1-6H3. The molecule has 2 rings (SSSR count). The summed E-state index contributed by atoms with van der Waals surface area (Å²) in [4.78, 5) is 4.12. The van der Waals surface area contributed by atoms with Gasteiger partial charge >= 0.3 is 0 Å². The van der Waals surface area contributed by atoms with Crippen molar-refractivity contribution in [2.24, 2.45) is 11.3 Å². The third-order valence-electron chi connectivity index (χ3n) is 6.27. The fourth-order valence-electron chi connectivity index (χ4n) is 4.44. The monoisotopic (exact) mass is 444 g/mol. The second-order valence-electron chi connectivity index (χ2n) is 9.57. The summed E-state index contributed by atoms with van der Waals surface area (Å²) < 4.78 is 6.84. The first-order valence-electron chi connectivity index (χ1n) is 10.8. The lowest BCUT2D eigenvalue weighted by Gasteiger charge is -2.41. The molecule has 1 atom stereocenters. The van der Waals surface area contributed by atoms with Crippen LogP contribution in [0.15, 0.2) is 12.4 Å². The Balaban J connectivity index is 2.08. The van der Waals surface area contributed by atoms with Crippen molar-refractivity contribution in [3.05, 3.63) is 28.0 Å². The van der Waals surface area contributed by atoms with E-state index >= 15 is 0 Å². The van der Waals surface area contributed by atoms with Gasteiger partial charge in [0.25, 0.3) is 0 Å². The first-order chi connectivity index (χ1) is 13.1. The Morgan fingerprint density at radius 2 is 1.64 bits per heavy atom. The lowest BCUT2D eigenvalue weighted by Crippen LogP contribution is -2.46. The molecule has 0 bridgehead atoms. The van der Waals surface area contributed by atoms with Crippen LogP contribution in [0.2, 0.25) is 28.2 Å². The molecule has 3 nitrogen and oxygen atoms in total. The number of hydrogen-bond donors (Lipinski definition) is 1. The number of halogens is 2. The molecule has 0 saturated heterocycles. The van der Waals surface area contributed by atoms with Crippen LogP contribution in [0, 0.1) is 11.3 Å². The summed E-state index contributed by atoms with van der Waals surface area (Å²) in [6.45, 7) is 14.5. The normalized spacial score (nSPS) is 21.4. The molecule has 1 unspecified atom stereocenters. The van der Waals surface area contributed by atoms with E-state index in [0.29, 0.717) is 21.5 Å². The molecule has 1 fully saturated rings. The van der Waals surface area contributed by atoms with Crippen molar-refractivity contribution in [1.29, 1.82) is 0 Å². The van der Waals surface area contributed by atoms with Crippen LogP contribution in [0.25, 0.3) is 0 Å². The van der Waals surface area contributed by atoms with Gasteiger partial charge in [-0.1, -0.05) is 64.7 Å². The van der Waals surface area contributed by atoms with Crippen LogP contribution in [0.5, 0.6) is 0 Å². The molecule has 1 aliphatic rings. The highest BCUT2D eigenvalue weighted by molar-refractivity contribution is 6.73. The van der Waals surface area contributed by atoms with E-state index in [4.69, 9.17) is 27.6 Å². The van der Waals surface area contributed by atoms with Gasteiger partial charge in [-0.3, -0.25) is 4.98 Å². The van der Waals surface area contributed by atoms with Gasteiger partial charge in [-0.15, -0.1) is 0 Å². The zero-order valence-corrected chi connectivity index (χ0v) is 21.0. The summed E-state index contributed by atoms with van der Waals surface area (Å²) in [5.74, 6) is 0.834. The van der Waals surface area contributed by atoms with Gasteiger partial charge in [0.1, 0.15) is 0 Å². The van der Waals surface area contributed by atoms with E-state index in [0.717, 1.165) is 36.2 Å². The summed E-state index contributed by atoms with van der Waals surface area (Å²) in [7, 11) is -1.80. The van der Waals surface area contributed by atoms with Gasteiger partial charge < -0.3 is 9.74 Å². The van der Waals surface area contributed by atoms with Crippen molar-refractivity contribution in [2.45, 2.75) is 91.1 Å². The summed E-state index contributed by atoms with van der Waals surface area (Å²) in [6.07, 6.45) is 7.03. The van der Waals surface area contributed by atoms with Crippen LogP contribution in [0.3, 0.4) is 0 Å². The number of pyridine rings is 1. The smallest absolute Gasteiger partial charge is 0.192 e. The molecule has 28 heavy (non-hydrogen) atoms. The van der Waals surface area contributed by atoms with Crippen LogP contribution in [0.4, 0.5) is 0 Å². The van der Waals surface area contributed by atoms with Crippen molar-refractivity contribution in [3.8, 4) is 0 Å². The van der Waals surface area contributed by atoms with Gasteiger partial charge in [0.15, 0.2) is 8.32 Å². The molecule has 160 valence electrons. The van der Waals surface area contributed by atoms with Crippen LogP contribution < -0.4 is 5.32 Å². The third-order valence-corrected chi connectivity index (χ3v) is 11.5. The Labute approximate surface area is 183 Å². The Hall–Kier alpha value is -0.133. The third kappa shape index (κ3) is 6.43. The van der Waals surface area contributed by atoms with Crippen molar-refractivity contribution in [1.82, 2.24) is 10.3 Å².